The van der Waals surface area contributed by atoms with Crippen LogP contribution in [-0.4, -0.2) is 45.1 Å². The van der Waals surface area contributed by atoms with Gasteiger partial charge in [0.2, 0.25) is 5.91 Å². The van der Waals surface area contributed by atoms with Crippen molar-refractivity contribution in [2.45, 2.75) is 12.0 Å². The molecule has 1 N–H and O–H groups in total. The van der Waals surface area contributed by atoms with Crippen LogP contribution in [-0.2, 0) is 4.79 Å². The van der Waals surface area contributed by atoms with Gasteiger partial charge < -0.3 is 24.4 Å². The summed E-state index contributed by atoms with van der Waals surface area (Å²) in [7, 11) is 6.42. The number of methoxy groups -OCH3 is 3. The molecule has 33 heavy (non-hydrogen) atoms. The van der Waals surface area contributed by atoms with Crippen LogP contribution >= 0.6 is 0 Å². The Balaban J connectivity index is 1.80. The first-order valence-corrected chi connectivity index (χ1v) is 10.5. The summed E-state index contributed by atoms with van der Waals surface area (Å²) in [6.45, 7) is 0. The zero-order valence-electron chi connectivity index (χ0n) is 19.0. The molecule has 7 heteroatoms. The molecule has 0 saturated carbocycles. The smallest absolute Gasteiger partial charge is 0.254 e. The van der Waals surface area contributed by atoms with Gasteiger partial charge in [-0.15, -0.1) is 0 Å². The number of hydrogen-bond acceptors (Lipinski definition) is 5. The van der Waals surface area contributed by atoms with Gasteiger partial charge in [0.1, 0.15) is 17.2 Å². The van der Waals surface area contributed by atoms with E-state index in [1.807, 2.05) is 36.4 Å². The third kappa shape index (κ3) is 4.09. The van der Waals surface area contributed by atoms with Crippen LogP contribution in [0.1, 0.15) is 33.4 Å². The average Bonchev–Trinajstić information content (AvgIpc) is 2.86. The van der Waals surface area contributed by atoms with Crippen LogP contribution in [0.4, 0.5) is 5.69 Å². The lowest BCUT2D eigenvalue weighted by Crippen LogP contribution is -2.44. The number of ether oxygens (including phenoxy) is 3. The highest BCUT2D eigenvalue weighted by molar-refractivity contribution is 6.04. The van der Waals surface area contributed by atoms with Gasteiger partial charge in [-0.1, -0.05) is 30.3 Å². The maximum Gasteiger partial charge on any atom is 0.254 e. The van der Waals surface area contributed by atoms with Gasteiger partial charge in [-0.3, -0.25) is 9.59 Å². The lowest BCUT2D eigenvalue weighted by atomic mass is 9.79. The highest BCUT2D eigenvalue weighted by Gasteiger charge is 2.42. The Labute approximate surface area is 192 Å². The predicted octanol–water partition coefficient (Wildman–Crippen LogP) is 4.26. The largest absolute Gasteiger partial charge is 0.497 e. The molecule has 7 nitrogen and oxygen atoms in total. The first-order chi connectivity index (χ1) is 16.0. The van der Waals surface area contributed by atoms with E-state index in [9.17, 15) is 9.59 Å². The van der Waals surface area contributed by atoms with Crippen LogP contribution in [0, 0.1) is 0 Å². The topological polar surface area (TPSA) is 77.1 Å². The summed E-state index contributed by atoms with van der Waals surface area (Å²) < 4.78 is 16.0. The van der Waals surface area contributed by atoms with Gasteiger partial charge in [-0.2, -0.15) is 0 Å². The monoisotopic (exact) mass is 446 g/mol. The molecule has 2 amide bonds. The highest BCUT2D eigenvalue weighted by atomic mass is 16.5. The minimum atomic E-state index is -0.645. The van der Waals surface area contributed by atoms with Crippen LogP contribution in [0.5, 0.6) is 17.2 Å². The second-order valence-electron chi connectivity index (χ2n) is 7.75. The molecule has 4 rings (SSSR count). The molecule has 170 valence electrons. The molecule has 0 spiro atoms. The van der Waals surface area contributed by atoms with Crippen molar-refractivity contribution in [1.29, 1.82) is 0 Å². The number of fused-ring (bicyclic) bond motifs is 1. The van der Waals surface area contributed by atoms with Crippen molar-refractivity contribution >= 4 is 17.5 Å². The molecule has 0 radical (unpaired) electrons. The second kappa shape index (κ2) is 9.24. The van der Waals surface area contributed by atoms with Gasteiger partial charge in [0.25, 0.3) is 5.91 Å². The molecule has 3 aromatic carbocycles. The standard InChI is InChI=1S/C26H26N2O5/c1-28-24(16-9-11-17(31-2)12-10-16)23(19-7-5-6-8-20(19)26(28)30)25(29)27-21-15-18(32-3)13-14-22(21)33-4/h5-15,23-24H,1-4H3,(H,27,29)/t23-,24-/m1/s1. The van der Waals surface area contributed by atoms with Gasteiger partial charge in [0, 0.05) is 18.7 Å². The highest BCUT2D eigenvalue weighted by Crippen LogP contribution is 2.43. The molecule has 0 saturated heterocycles. The van der Waals surface area contributed by atoms with Gasteiger partial charge in [0.05, 0.1) is 39.0 Å². The van der Waals surface area contributed by atoms with E-state index in [2.05, 4.69) is 5.32 Å². The summed E-state index contributed by atoms with van der Waals surface area (Å²) in [5, 5.41) is 3.00. The Bertz CT molecular complexity index is 1180. The number of carbonyl (C=O) groups excluding carboxylic acids is 2. The van der Waals surface area contributed by atoms with Crippen LogP contribution in [0.2, 0.25) is 0 Å². The summed E-state index contributed by atoms with van der Waals surface area (Å²) in [4.78, 5) is 28.6. The first-order valence-electron chi connectivity index (χ1n) is 10.5. The van der Waals surface area contributed by atoms with Crippen LogP contribution < -0.4 is 19.5 Å². The summed E-state index contributed by atoms with van der Waals surface area (Å²) in [6.07, 6.45) is 0. The number of hydrogen-bond donors (Lipinski definition) is 1. The molecule has 2 atom stereocenters. The number of carbonyl (C=O) groups is 2. The normalized spacial score (nSPS) is 17.2. The maximum atomic E-state index is 13.8. The fourth-order valence-corrected chi connectivity index (χ4v) is 4.30. The average molecular weight is 447 g/mol. The maximum absolute atomic E-state index is 13.8. The van der Waals surface area contributed by atoms with E-state index in [0.717, 1.165) is 5.56 Å². The van der Waals surface area contributed by atoms with Crippen LogP contribution in [0.25, 0.3) is 0 Å². The summed E-state index contributed by atoms with van der Waals surface area (Å²) in [5.41, 5.74) is 2.52. The van der Waals surface area contributed by atoms with E-state index in [1.165, 1.54) is 0 Å². The SMILES string of the molecule is COc1ccc([C@@H]2[C@H](C(=O)Nc3cc(OC)ccc3OC)c3ccccc3C(=O)N2C)cc1. The lowest BCUT2D eigenvalue weighted by molar-refractivity contribution is -0.119. The van der Waals surface area contributed by atoms with Crippen molar-refractivity contribution in [3.63, 3.8) is 0 Å². The summed E-state index contributed by atoms with van der Waals surface area (Å²) in [5.74, 6) is 0.774. The lowest BCUT2D eigenvalue weighted by Gasteiger charge is -2.39. The Hall–Kier alpha value is -4.00. The number of likely N-dealkylation sites (N-methyl/N-ethyl adjacent to an activating group) is 1. The van der Waals surface area contributed by atoms with Crippen molar-refractivity contribution < 1.29 is 23.8 Å². The number of amides is 2. The third-order valence-corrected chi connectivity index (χ3v) is 5.98. The zero-order valence-corrected chi connectivity index (χ0v) is 19.0. The van der Waals surface area contributed by atoms with Crippen molar-refractivity contribution in [2.75, 3.05) is 33.7 Å². The molecule has 1 aliphatic heterocycles. The first kappa shape index (κ1) is 22.2. The van der Waals surface area contributed by atoms with E-state index in [4.69, 9.17) is 14.2 Å². The number of nitrogens with zero attached hydrogens (tertiary/aromatic N) is 1. The number of anilines is 1. The Morgan fingerprint density at radius 3 is 2.21 bits per heavy atom. The molecular weight excluding hydrogens is 420 g/mol. The fourth-order valence-electron chi connectivity index (χ4n) is 4.30. The van der Waals surface area contributed by atoms with Gasteiger partial charge in [-0.25, -0.2) is 0 Å². The Morgan fingerprint density at radius 2 is 1.55 bits per heavy atom. The molecule has 0 bridgehead atoms. The molecule has 1 heterocycles. The van der Waals surface area contributed by atoms with E-state index < -0.39 is 12.0 Å². The third-order valence-electron chi connectivity index (χ3n) is 5.98. The van der Waals surface area contributed by atoms with E-state index >= 15 is 0 Å². The Morgan fingerprint density at radius 1 is 0.879 bits per heavy atom. The molecular formula is C26H26N2O5. The van der Waals surface area contributed by atoms with Crippen molar-refractivity contribution in [3.8, 4) is 17.2 Å². The van der Waals surface area contributed by atoms with Gasteiger partial charge >= 0.3 is 0 Å². The van der Waals surface area contributed by atoms with Crippen molar-refractivity contribution in [3.05, 3.63) is 83.4 Å². The summed E-state index contributed by atoms with van der Waals surface area (Å²) in [6, 6.07) is 19.4. The van der Waals surface area contributed by atoms with Crippen molar-refractivity contribution in [1.82, 2.24) is 4.90 Å². The van der Waals surface area contributed by atoms with E-state index in [0.29, 0.717) is 34.1 Å². The van der Waals surface area contributed by atoms with Crippen molar-refractivity contribution in [2.24, 2.45) is 0 Å². The van der Waals surface area contributed by atoms with Crippen LogP contribution in [0.3, 0.4) is 0 Å². The zero-order chi connectivity index (χ0) is 23.5. The molecule has 0 fully saturated rings. The minimum absolute atomic E-state index is 0.130. The fraction of sp³-hybridized carbons (Fsp3) is 0.231. The molecule has 1 aliphatic rings. The van der Waals surface area contributed by atoms with E-state index in [1.54, 1.807) is 63.6 Å². The number of benzene rings is 3. The second-order valence-corrected chi connectivity index (χ2v) is 7.75. The quantitative estimate of drug-likeness (QED) is 0.612. The molecule has 0 unspecified atom stereocenters. The number of nitrogens with one attached hydrogen (secondary N) is 1. The van der Waals surface area contributed by atoms with Crippen LogP contribution in [0.15, 0.2) is 66.7 Å². The molecule has 0 aliphatic carbocycles. The summed E-state index contributed by atoms with van der Waals surface area (Å²) >= 11 is 0. The van der Waals surface area contributed by atoms with Gasteiger partial charge in [0.15, 0.2) is 0 Å². The Kier molecular flexibility index (Phi) is 6.22. The molecule has 0 aromatic heterocycles. The van der Waals surface area contributed by atoms with E-state index in [-0.39, 0.29) is 11.8 Å². The minimum Gasteiger partial charge on any atom is -0.497 e. The molecule has 3 aromatic rings. The number of rotatable bonds is 6. The van der Waals surface area contributed by atoms with Gasteiger partial charge in [-0.05, 0) is 41.5 Å². The predicted molar refractivity (Wildman–Crippen MR) is 125 cm³/mol.